The highest BCUT2D eigenvalue weighted by Crippen LogP contribution is 2.36. The van der Waals surface area contributed by atoms with Gasteiger partial charge in [0.2, 0.25) is 0 Å². The van der Waals surface area contributed by atoms with Crippen molar-refractivity contribution in [2.24, 2.45) is 14.1 Å². The van der Waals surface area contributed by atoms with Gasteiger partial charge in [0.15, 0.2) is 0 Å². The molecule has 0 saturated carbocycles. The zero-order valence-electron chi connectivity index (χ0n) is 17.4. The molecule has 0 fully saturated rings. The maximum atomic E-state index is 2.40. The van der Waals surface area contributed by atoms with Crippen molar-refractivity contribution in [1.82, 2.24) is 9.13 Å². The van der Waals surface area contributed by atoms with E-state index >= 15 is 0 Å². The molecule has 0 N–H and O–H groups in total. The number of fused-ring (bicyclic) bond motifs is 2. The lowest BCUT2D eigenvalue weighted by Crippen LogP contribution is -2.20. The van der Waals surface area contributed by atoms with Crippen molar-refractivity contribution in [3.8, 4) is 0 Å². The number of rotatable bonds is 4. The fourth-order valence-corrected chi connectivity index (χ4v) is 4.67. The van der Waals surface area contributed by atoms with Gasteiger partial charge in [-0.3, -0.25) is 0 Å². The maximum absolute atomic E-state index is 2.40. The molecule has 0 amide bonds. The molecule has 0 aliphatic heterocycles. The van der Waals surface area contributed by atoms with Gasteiger partial charge in [0, 0.05) is 42.3 Å². The van der Waals surface area contributed by atoms with E-state index in [1.165, 1.54) is 38.6 Å². The summed E-state index contributed by atoms with van der Waals surface area (Å²) in [7, 11) is 4.36. The van der Waals surface area contributed by atoms with Crippen molar-refractivity contribution in [3.63, 3.8) is 0 Å². The van der Waals surface area contributed by atoms with E-state index in [-0.39, 0.29) is 5.41 Å². The average molecular weight is 359 g/mol. The summed E-state index contributed by atoms with van der Waals surface area (Å²) in [5, 5.41) is 2.72. The van der Waals surface area contributed by atoms with E-state index in [2.05, 4.69) is 106 Å². The van der Waals surface area contributed by atoms with Gasteiger partial charge in [-0.1, -0.05) is 64.1 Å². The van der Waals surface area contributed by atoms with Crippen LogP contribution in [0.5, 0.6) is 0 Å². The second-order valence-electron chi connectivity index (χ2n) is 8.87. The minimum Gasteiger partial charge on any atom is -0.350 e. The molecule has 2 heteroatoms. The van der Waals surface area contributed by atoms with Crippen LogP contribution in [-0.2, 0) is 25.9 Å². The first-order valence-electron chi connectivity index (χ1n) is 9.91. The predicted octanol–water partition coefficient (Wildman–Crippen LogP) is 6.31. The lowest BCUT2D eigenvalue weighted by molar-refractivity contribution is 0.526. The number of aromatic nitrogens is 2. The third-order valence-electron chi connectivity index (χ3n) is 6.03. The van der Waals surface area contributed by atoms with Gasteiger partial charge in [0.25, 0.3) is 0 Å². The van der Waals surface area contributed by atoms with Crippen molar-refractivity contribution in [2.75, 3.05) is 0 Å². The standard InChI is InChI=1S/C25H30N2/c1-17(2)23-14-18-10-9-11-19(24(18)27(23)6)15-25(3,4)21-16-26(5)22-13-8-7-12-20(21)22/h7-14,16-17H,15H2,1-6H3. The highest BCUT2D eigenvalue weighted by Gasteiger charge is 2.26. The Labute approximate surface area is 162 Å². The molecule has 0 aliphatic rings. The van der Waals surface area contributed by atoms with Crippen LogP contribution in [0.1, 0.15) is 50.4 Å². The average Bonchev–Trinajstić information content (AvgIpc) is 3.14. The van der Waals surface area contributed by atoms with Crippen LogP contribution in [0.2, 0.25) is 0 Å². The van der Waals surface area contributed by atoms with Crippen LogP contribution in [0, 0.1) is 0 Å². The SMILES string of the molecule is CC(C)c1cc2cccc(CC(C)(C)c3cn(C)c4ccccc34)c2n1C. The number of hydrogen-bond donors (Lipinski definition) is 0. The maximum Gasteiger partial charge on any atom is 0.0512 e. The zero-order valence-corrected chi connectivity index (χ0v) is 17.4. The van der Waals surface area contributed by atoms with E-state index in [1.807, 2.05) is 0 Å². The highest BCUT2D eigenvalue weighted by atomic mass is 15.0. The van der Waals surface area contributed by atoms with Gasteiger partial charge in [-0.05, 0) is 41.0 Å². The minimum atomic E-state index is 0.0530. The summed E-state index contributed by atoms with van der Waals surface area (Å²) in [5.41, 5.74) is 7.00. The van der Waals surface area contributed by atoms with Crippen LogP contribution in [0.4, 0.5) is 0 Å². The van der Waals surface area contributed by atoms with Gasteiger partial charge in [-0.2, -0.15) is 0 Å². The van der Waals surface area contributed by atoms with E-state index in [9.17, 15) is 0 Å². The molecule has 0 bridgehead atoms. The Morgan fingerprint density at radius 1 is 0.963 bits per heavy atom. The number of aryl methyl sites for hydroxylation is 2. The van der Waals surface area contributed by atoms with Crippen LogP contribution < -0.4 is 0 Å². The Morgan fingerprint density at radius 3 is 2.44 bits per heavy atom. The summed E-state index contributed by atoms with van der Waals surface area (Å²) in [6.07, 6.45) is 3.34. The van der Waals surface area contributed by atoms with E-state index < -0.39 is 0 Å². The van der Waals surface area contributed by atoms with Crippen molar-refractivity contribution < 1.29 is 0 Å². The van der Waals surface area contributed by atoms with Gasteiger partial charge in [-0.15, -0.1) is 0 Å². The first-order valence-corrected chi connectivity index (χ1v) is 9.91. The van der Waals surface area contributed by atoms with E-state index in [0.717, 1.165) is 6.42 Å². The topological polar surface area (TPSA) is 9.86 Å². The third kappa shape index (κ3) is 2.88. The fraction of sp³-hybridized carbons (Fsp3) is 0.360. The number of benzene rings is 2. The van der Waals surface area contributed by atoms with Crippen LogP contribution in [0.3, 0.4) is 0 Å². The molecule has 4 rings (SSSR count). The van der Waals surface area contributed by atoms with Crippen molar-refractivity contribution >= 4 is 21.8 Å². The fourth-order valence-electron chi connectivity index (χ4n) is 4.67. The summed E-state index contributed by atoms with van der Waals surface area (Å²) in [5.74, 6) is 0.529. The van der Waals surface area contributed by atoms with Crippen LogP contribution in [0.15, 0.2) is 54.7 Å². The Balaban J connectivity index is 1.83. The molecule has 0 atom stereocenters. The second-order valence-corrected chi connectivity index (χ2v) is 8.87. The second kappa shape index (κ2) is 6.30. The number of nitrogens with zero attached hydrogens (tertiary/aromatic N) is 2. The van der Waals surface area contributed by atoms with E-state index in [1.54, 1.807) is 0 Å². The largest absolute Gasteiger partial charge is 0.350 e. The van der Waals surface area contributed by atoms with Crippen LogP contribution in [0.25, 0.3) is 21.8 Å². The molecular formula is C25H30N2. The lowest BCUT2D eigenvalue weighted by Gasteiger charge is -2.25. The van der Waals surface area contributed by atoms with Gasteiger partial charge >= 0.3 is 0 Å². The summed E-state index contributed by atoms with van der Waals surface area (Å²) in [6.45, 7) is 9.29. The highest BCUT2D eigenvalue weighted by molar-refractivity contribution is 5.86. The molecule has 27 heavy (non-hydrogen) atoms. The third-order valence-corrected chi connectivity index (χ3v) is 6.03. The number of para-hydroxylation sites is 2. The van der Waals surface area contributed by atoms with E-state index in [4.69, 9.17) is 0 Å². The summed E-state index contributed by atoms with van der Waals surface area (Å²) in [6, 6.07) is 17.9. The smallest absolute Gasteiger partial charge is 0.0512 e. The molecule has 140 valence electrons. The van der Waals surface area contributed by atoms with Crippen molar-refractivity contribution in [2.45, 2.75) is 45.4 Å². The Bertz CT molecular complexity index is 1120. The Kier molecular flexibility index (Phi) is 4.18. The molecular weight excluding hydrogens is 328 g/mol. The monoisotopic (exact) mass is 358 g/mol. The van der Waals surface area contributed by atoms with Crippen LogP contribution >= 0.6 is 0 Å². The molecule has 2 aromatic heterocycles. The van der Waals surface area contributed by atoms with Gasteiger partial charge < -0.3 is 9.13 Å². The molecule has 2 aromatic carbocycles. The molecule has 0 radical (unpaired) electrons. The number of hydrogen-bond acceptors (Lipinski definition) is 0. The predicted molar refractivity (Wildman–Crippen MR) is 117 cm³/mol. The van der Waals surface area contributed by atoms with Gasteiger partial charge in [0.1, 0.15) is 0 Å². The first kappa shape index (κ1) is 17.9. The Hall–Kier alpha value is -2.48. The summed E-state index contributed by atoms with van der Waals surface area (Å²) >= 11 is 0. The molecule has 2 nitrogen and oxygen atoms in total. The zero-order chi connectivity index (χ0) is 19.3. The van der Waals surface area contributed by atoms with Gasteiger partial charge in [-0.25, -0.2) is 0 Å². The Morgan fingerprint density at radius 2 is 1.70 bits per heavy atom. The summed E-state index contributed by atoms with van der Waals surface area (Å²) in [4.78, 5) is 0. The molecule has 0 saturated heterocycles. The normalized spacial score (nSPS) is 12.6. The van der Waals surface area contributed by atoms with Crippen LogP contribution in [-0.4, -0.2) is 9.13 Å². The molecule has 2 heterocycles. The lowest BCUT2D eigenvalue weighted by atomic mass is 9.78. The molecule has 0 unspecified atom stereocenters. The van der Waals surface area contributed by atoms with Gasteiger partial charge in [0.05, 0.1) is 5.52 Å². The first-order chi connectivity index (χ1) is 12.8. The summed E-state index contributed by atoms with van der Waals surface area (Å²) < 4.78 is 4.65. The van der Waals surface area contributed by atoms with Crippen molar-refractivity contribution in [3.05, 3.63) is 71.5 Å². The van der Waals surface area contributed by atoms with E-state index in [0.29, 0.717) is 5.92 Å². The quantitative estimate of drug-likeness (QED) is 0.404. The van der Waals surface area contributed by atoms with Crippen molar-refractivity contribution in [1.29, 1.82) is 0 Å². The molecule has 0 spiro atoms. The molecule has 4 aromatic rings. The molecule has 0 aliphatic carbocycles. The minimum absolute atomic E-state index is 0.0530.